The fraction of sp³-hybridized carbons (Fsp3) is 0.452. The minimum absolute atomic E-state index is 0.00911. The SMILES string of the molecule is CN1CCN(c2ccc(C(=O)Nc3n[nH]c4c3CN(S(=O)(=O)c3cc(F)cc(F)c3)CC4(C)C)c(NC(=O)[C@H]3CCCN3)c2)CC1. The summed E-state index contributed by atoms with van der Waals surface area (Å²) >= 11 is 0. The van der Waals surface area contributed by atoms with Crippen molar-refractivity contribution < 1.29 is 26.8 Å². The van der Waals surface area contributed by atoms with Crippen LogP contribution in [0.15, 0.2) is 41.3 Å². The second-order valence-corrected chi connectivity index (χ2v) is 14.7. The number of rotatable bonds is 7. The number of aromatic nitrogens is 2. The number of nitrogens with zero attached hydrogens (tertiary/aromatic N) is 4. The van der Waals surface area contributed by atoms with Gasteiger partial charge in [-0.3, -0.25) is 14.7 Å². The second-order valence-electron chi connectivity index (χ2n) is 12.8. The Hall–Kier alpha value is -3.92. The van der Waals surface area contributed by atoms with Crippen LogP contribution in [0, 0.1) is 11.6 Å². The molecule has 0 saturated carbocycles. The molecule has 6 rings (SSSR count). The number of piperazine rings is 1. The first-order valence-electron chi connectivity index (χ1n) is 15.3. The van der Waals surface area contributed by atoms with E-state index in [1.54, 1.807) is 6.07 Å². The Morgan fingerprint density at radius 1 is 1.02 bits per heavy atom. The van der Waals surface area contributed by atoms with Gasteiger partial charge >= 0.3 is 0 Å². The normalized spacial score (nSPS) is 20.4. The van der Waals surface area contributed by atoms with E-state index in [4.69, 9.17) is 0 Å². The van der Waals surface area contributed by atoms with Gasteiger partial charge in [-0.2, -0.15) is 9.40 Å². The van der Waals surface area contributed by atoms with Crippen LogP contribution in [0.4, 0.5) is 26.0 Å². The molecule has 1 atom stereocenters. The van der Waals surface area contributed by atoms with Crippen molar-refractivity contribution in [1.82, 2.24) is 24.7 Å². The first-order valence-corrected chi connectivity index (χ1v) is 16.7. The summed E-state index contributed by atoms with van der Waals surface area (Å²) in [6.45, 7) is 7.56. The number of aromatic amines is 1. The number of anilines is 3. The number of hydrogen-bond donors (Lipinski definition) is 4. The molecule has 0 bridgehead atoms. The molecule has 3 aliphatic rings. The quantitative estimate of drug-likeness (QED) is 0.304. The molecular weight excluding hydrogens is 618 g/mol. The van der Waals surface area contributed by atoms with E-state index in [-0.39, 0.29) is 36.4 Å². The molecule has 0 aliphatic carbocycles. The number of carbonyl (C=O) groups excluding carboxylic acids is 2. The van der Waals surface area contributed by atoms with Crippen LogP contribution in [0.1, 0.15) is 48.3 Å². The van der Waals surface area contributed by atoms with E-state index in [0.717, 1.165) is 61.3 Å². The predicted octanol–water partition coefficient (Wildman–Crippen LogP) is 2.86. The zero-order valence-electron chi connectivity index (χ0n) is 26.0. The third kappa shape index (κ3) is 6.36. The number of carbonyl (C=O) groups is 2. The maximum atomic E-state index is 14.0. The number of nitrogens with one attached hydrogen (secondary N) is 4. The van der Waals surface area contributed by atoms with Crippen LogP contribution < -0.4 is 20.9 Å². The lowest BCUT2D eigenvalue weighted by Crippen LogP contribution is -2.45. The van der Waals surface area contributed by atoms with E-state index in [1.165, 1.54) is 0 Å². The third-order valence-electron chi connectivity index (χ3n) is 8.91. The van der Waals surface area contributed by atoms with Gasteiger partial charge in [0.05, 0.1) is 22.2 Å². The van der Waals surface area contributed by atoms with Crippen LogP contribution >= 0.6 is 0 Å². The highest BCUT2D eigenvalue weighted by atomic mass is 32.2. The number of halogens is 2. The van der Waals surface area contributed by atoms with Crippen LogP contribution in [0.2, 0.25) is 0 Å². The first-order chi connectivity index (χ1) is 21.8. The van der Waals surface area contributed by atoms with Gasteiger partial charge in [0.2, 0.25) is 15.9 Å². The van der Waals surface area contributed by atoms with Crippen LogP contribution in [-0.4, -0.2) is 92.0 Å². The summed E-state index contributed by atoms with van der Waals surface area (Å²) < 4.78 is 56.1. The van der Waals surface area contributed by atoms with Crippen molar-refractivity contribution in [2.45, 2.75) is 49.6 Å². The monoisotopic (exact) mass is 656 g/mol. The van der Waals surface area contributed by atoms with E-state index in [1.807, 2.05) is 26.0 Å². The Bertz CT molecular complexity index is 1750. The molecule has 1 aromatic heterocycles. The average molecular weight is 657 g/mol. The van der Waals surface area contributed by atoms with Crippen molar-refractivity contribution in [3.63, 3.8) is 0 Å². The molecule has 2 saturated heterocycles. The highest BCUT2D eigenvalue weighted by Crippen LogP contribution is 2.38. The first kappa shape index (κ1) is 32.0. The van der Waals surface area contributed by atoms with Crippen molar-refractivity contribution in [3.05, 3.63) is 64.9 Å². The number of likely N-dealkylation sites (N-methyl/N-ethyl adjacent to an activating group) is 1. The van der Waals surface area contributed by atoms with Gasteiger partial charge in [-0.25, -0.2) is 17.2 Å². The van der Waals surface area contributed by atoms with Crippen LogP contribution in [-0.2, 0) is 26.8 Å². The minimum atomic E-state index is -4.31. The lowest BCUT2D eigenvalue weighted by molar-refractivity contribution is -0.117. The molecule has 2 fully saturated rings. The highest BCUT2D eigenvalue weighted by Gasteiger charge is 2.41. The molecular formula is C31H38F2N8O4S. The molecule has 246 valence electrons. The Morgan fingerprint density at radius 2 is 1.74 bits per heavy atom. The van der Waals surface area contributed by atoms with E-state index in [0.29, 0.717) is 29.4 Å². The molecule has 0 radical (unpaired) electrons. The van der Waals surface area contributed by atoms with Gasteiger partial charge in [-0.1, -0.05) is 13.8 Å². The van der Waals surface area contributed by atoms with E-state index in [2.05, 4.69) is 43.0 Å². The van der Waals surface area contributed by atoms with Gasteiger partial charge in [0.1, 0.15) is 11.6 Å². The van der Waals surface area contributed by atoms with Gasteiger partial charge in [0.15, 0.2) is 5.82 Å². The molecule has 0 unspecified atom stereocenters. The van der Waals surface area contributed by atoms with Crippen molar-refractivity contribution >= 4 is 39.0 Å². The van der Waals surface area contributed by atoms with Gasteiger partial charge in [0, 0.05) is 67.7 Å². The van der Waals surface area contributed by atoms with Gasteiger partial charge in [-0.05, 0) is 56.8 Å². The summed E-state index contributed by atoms with van der Waals surface area (Å²) in [7, 11) is -2.24. The summed E-state index contributed by atoms with van der Waals surface area (Å²) in [6.07, 6.45) is 1.58. The van der Waals surface area contributed by atoms with Gasteiger partial charge in [0.25, 0.3) is 5.91 Å². The van der Waals surface area contributed by atoms with E-state index < -0.39 is 37.9 Å². The zero-order chi connectivity index (χ0) is 32.8. The summed E-state index contributed by atoms with van der Waals surface area (Å²) in [5, 5.41) is 16.2. The van der Waals surface area contributed by atoms with Crippen LogP contribution in [0.5, 0.6) is 0 Å². The standard InChI is InChI=1S/C31H38F2N8O4S/c1-31(2)18-41(46(44,45)22-14-19(32)13-20(33)15-22)17-24-27(31)37-38-28(24)36-29(42)23-7-6-21(40-11-9-39(3)10-12-40)16-26(23)35-30(43)25-5-4-8-34-25/h6-7,13-16,25,34H,4-5,8-12,17-18H2,1-3H3,(H,35,43)(H2,36,37,38,42)/t25-/m1/s1. The molecule has 12 nitrogen and oxygen atoms in total. The Morgan fingerprint density at radius 3 is 2.41 bits per heavy atom. The van der Waals surface area contributed by atoms with Crippen molar-refractivity contribution in [1.29, 1.82) is 0 Å². The number of benzene rings is 2. The molecule has 3 aromatic rings. The maximum absolute atomic E-state index is 14.0. The number of amides is 2. The fourth-order valence-corrected chi connectivity index (χ4v) is 7.94. The second kappa shape index (κ2) is 12.4. The lowest BCUT2D eigenvalue weighted by Gasteiger charge is -2.36. The third-order valence-corrected chi connectivity index (χ3v) is 10.7. The molecule has 0 spiro atoms. The molecule has 4 N–H and O–H groups in total. The fourth-order valence-electron chi connectivity index (χ4n) is 6.33. The molecule has 2 amide bonds. The maximum Gasteiger partial charge on any atom is 0.258 e. The Labute approximate surface area is 266 Å². The number of fused-ring (bicyclic) bond motifs is 1. The summed E-state index contributed by atoms with van der Waals surface area (Å²) in [5.74, 6) is -2.65. The molecule has 2 aromatic carbocycles. The van der Waals surface area contributed by atoms with Crippen molar-refractivity contribution in [3.8, 4) is 0 Å². The van der Waals surface area contributed by atoms with E-state index >= 15 is 0 Å². The Balaban J connectivity index is 1.29. The highest BCUT2D eigenvalue weighted by molar-refractivity contribution is 7.89. The Kier molecular flexibility index (Phi) is 8.61. The predicted molar refractivity (Wildman–Crippen MR) is 169 cm³/mol. The summed E-state index contributed by atoms with van der Waals surface area (Å²) in [4.78, 5) is 30.9. The summed E-state index contributed by atoms with van der Waals surface area (Å²) in [5.41, 5.74) is 1.74. The van der Waals surface area contributed by atoms with Gasteiger partial charge in [-0.15, -0.1) is 0 Å². The summed E-state index contributed by atoms with van der Waals surface area (Å²) in [6, 6.07) is 7.13. The number of hydrogen-bond acceptors (Lipinski definition) is 8. The largest absolute Gasteiger partial charge is 0.369 e. The number of H-pyrrole nitrogens is 1. The molecule has 46 heavy (non-hydrogen) atoms. The zero-order valence-corrected chi connectivity index (χ0v) is 26.8. The van der Waals surface area contributed by atoms with Gasteiger partial charge < -0.3 is 25.8 Å². The molecule has 3 aliphatic heterocycles. The van der Waals surface area contributed by atoms with E-state index in [9.17, 15) is 26.8 Å². The lowest BCUT2D eigenvalue weighted by atomic mass is 9.84. The van der Waals surface area contributed by atoms with Crippen molar-refractivity contribution in [2.24, 2.45) is 0 Å². The van der Waals surface area contributed by atoms with Crippen molar-refractivity contribution in [2.75, 3.05) is 61.8 Å². The topological polar surface area (TPSA) is 143 Å². The molecule has 4 heterocycles. The average Bonchev–Trinajstić information content (AvgIpc) is 3.68. The molecule has 15 heteroatoms. The smallest absolute Gasteiger partial charge is 0.258 e. The number of sulfonamides is 1. The minimum Gasteiger partial charge on any atom is -0.369 e. The van der Waals surface area contributed by atoms with Crippen LogP contribution in [0.25, 0.3) is 0 Å². The van der Waals surface area contributed by atoms with Crippen LogP contribution in [0.3, 0.4) is 0 Å².